The van der Waals surface area contributed by atoms with E-state index in [0.29, 0.717) is 17.3 Å². The third kappa shape index (κ3) is 5.27. The van der Waals surface area contributed by atoms with Crippen molar-refractivity contribution in [1.82, 2.24) is 19.7 Å². The van der Waals surface area contributed by atoms with Gasteiger partial charge in [-0.3, -0.25) is 9.59 Å². The number of benzene rings is 2. The van der Waals surface area contributed by atoms with Crippen molar-refractivity contribution in [1.29, 1.82) is 0 Å². The number of nitrogens with one attached hydrogen (secondary N) is 1. The molecule has 2 heterocycles. The summed E-state index contributed by atoms with van der Waals surface area (Å²) in [4.78, 5) is 27.5. The molecule has 1 fully saturated rings. The Kier molecular flexibility index (Phi) is 6.83. The summed E-state index contributed by atoms with van der Waals surface area (Å²) in [5, 5.41) is 12.3. The Balaban J connectivity index is 1.42. The number of hydrogen-bond donors (Lipinski definition) is 1. The Labute approximate surface area is 198 Å². The fourth-order valence-corrected chi connectivity index (χ4v) is 4.97. The standard InChI is InChI=1S/C25H29N5O2S/c1-16-7-9-19(10-8-16)24(32)30-11-5-6-21(30)23-27-28-25(29(23)4)33-15-22(31)26-20-13-17(2)12-18(3)14-20/h7-10,12-14,21H,5-6,11,15H2,1-4H3,(H,26,31). The Morgan fingerprint density at radius 3 is 2.42 bits per heavy atom. The third-order valence-electron chi connectivity index (χ3n) is 5.82. The van der Waals surface area contributed by atoms with Gasteiger partial charge in [0.15, 0.2) is 11.0 Å². The van der Waals surface area contributed by atoms with Gasteiger partial charge in [0.1, 0.15) is 0 Å². The zero-order valence-corrected chi connectivity index (χ0v) is 20.3. The van der Waals surface area contributed by atoms with Gasteiger partial charge >= 0.3 is 0 Å². The topological polar surface area (TPSA) is 80.1 Å². The molecule has 2 amide bonds. The minimum atomic E-state index is -0.116. The number of anilines is 1. The number of aromatic nitrogens is 3. The van der Waals surface area contributed by atoms with Gasteiger partial charge in [0.2, 0.25) is 5.91 Å². The quantitative estimate of drug-likeness (QED) is 0.547. The van der Waals surface area contributed by atoms with Crippen LogP contribution < -0.4 is 5.32 Å². The fourth-order valence-electron chi connectivity index (χ4n) is 4.26. The van der Waals surface area contributed by atoms with Gasteiger partial charge in [-0.15, -0.1) is 10.2 Å². The van der Waals surface area contributed by atoms with Crippen molar-refractivity contribution >= 4 is 29.3 Å². The van der Waals surface area contributed by atoms with Crippen LogP contribution >= 0.6 is 11.8 Å². The second-order valence-corrected chi connectivity index (χ2v) is 9.58. The van der Waals surface area contributed by atoms with Gasteiger partial charge in [0.05, 0.1) is 11.8 Å². The Morgan fingerprint density at radius 1 is 1.03 bits per heavy atom. The molecule has 4 rings (SSSR count). The van der Waals surface area contributed by atoms with Gasteiger partial charge in [0.25, 0.3) is 5.91 Å². The number of rotatable bonds is 6. The lowest BCUT2D eigenvalue weighted by Crippen LogP contribution is -2.31. The van der Waals surface area contributed by atoms with Gasteiger partial charge in [-0.2, -0.15) is 0 Å². The molecular formula is C25H29N5O2S. The number of thioether (sulfide) groups is 1. The predicted octanol–water partition coefficient (Wildman–Crippen LogP) is 4.45. The van der Waals surface area contributed by atoms with Crippen molar-refractivity contribution in [2.24, 2.45) is 7.05 Å². The molecule has 0 spiro atoms. The van der Waals surface area contributed by atoms with Gasteiger partial charge in [0, 0.05) is 24.8 Å². The molecule has 3 aromatic rings. The first-order valence-corrected chi connectivity index (χ1v) is 12.1. The molecule has 0 radical (unpaired) electrons. The van der Waals surface area contributed by atoms with E-state index < -0.39 is 0 Å². The van der Waals surface area contributed by atoms with E-state index in [-0.39, 0.29) is 23.6 Å². The molecule has 172 valence electrons. The average Bonchev–Trinajstić information content (AvgIpc) is 3.38. The van der Waals surface area contributed by atoms with Crippen LogP contribution in [0.15, 0.2) is 47.6 Å². The maximum atomic E-state index is 13.1. The molecule has 2 aromatic carbocycles. The Morgan fingerprint density at radius 2 is 1.73 bits per heavy atom. The normalized spacial score (nSPS) is 15.6. The number of carbonyl (C=O) groups is 2. The summed E-state index contributed by atoms with van der Waals surface area (Å²) in [6.07, 6.45) is 1.78. The lowest BCUT2D eigenvalue weighted by atomic mass is 10.1. The van der Waals surface area contributed by atoms with Crippen molar-refractivity contribution in [3.8, 4) is 0 Å². The van der Waals surface area contributed by atoms with Gasteiger partial charge in [-0.05, 0) is 69.0 Å². The number of aryl methyl sites for hydroxylation is 3. The minimum absolute atomic E-state index is 0.0162. The molecule has 7 nitrogen and oxygen atoms in total. The summed E-state index contributed by atoms with van der Waals surface area (Å²) >= 11 is 1.34. The highest BCUT2D eigenvalue weighted by molar-refractivity contribution is 7.99. The highest BCUT2D eigenvalue weighted by Crippen LogP contribution is 2.33. The van der Waals surface area contributed by atoms with Crippen LogP contribution in [0.1, 0.15) is 51.8 Å². The molecule has 1 saturated heterocycles. The first-order valence-electron chi connectivity index (χ1n) is 11.1. The molecule has 0 aliphatic carbocycles. The van der Waals surface area contributed by atoms with E-state index in [1.807, 2.05) is 73.7 Å². The lowest BCUT2D eigenvalue weighted by molar-refractivity contribution is -0.113. The zero-order chi connectivity index (χ0) is 23.5. The van der Waals surface area contributed by atoms with Crippen molar-refractivity contribution in [2.45, 2.75) is 44.8 Å². The van der Waals surface area contributed by atoms with Crippen LogP contribution in [0, 0.1) is 20.8 Å². The van der Waals surface area contributed by atoms with Crippen molar-refractivity contribution in [3.63, 3.8) is 0 Å². The van der Waals surface area contributed by atoms with Crippen LogP contribution in [-0.2, 0) is 11.8 Å². The number of hydrogen-bond acceptors (Lipinski definition) is 5. The highest BCUT2D eigenvalue weighted by atomic mass is 32.2. The molecule has 1 aromatic heterocycles. The first kappa shape index (κ1) is 23.0. The largest absolute Gasteiger partial charge is 0.328 e. The molecule has 1 atom stereocenters. The van der Waals surface area contributed by atoms with Crippen LogP contribution in [-0.4, -0.2) is 43.8 Å². The van der Waals surface area contributed by atoms with E-state index >= 15 is 0 Å². The minimum Gasteiger partial charge on any atom is -0.328 e. The fraction of sp³-hybridized carbons (Fsp3) is 0.360. The molecular weight excluding hydrogens is 434 g/mol. The summed E-state index contributed by atoms with van der Waals surface area (Å²) < 4.78 is 1.90. The second-order valence-electron chi connectivity index (χ2n) is 8.64. The maximum Gasteiger partial charge on any atom is 0.254 e. The molecule has 1 aliphatic rings. The summed E-state index contributed by atoms with van der Waals surface area (Å²) in [5.41, 5.74) is 4.83. The Bertz CT molecular complexity index is 1150. The summed E-state index contributed by atoms with van der Waals surface area (Å²) in [5.74, 6) is 0.912. The van der Waals surface area contributed by atoms with Crippen LogP contribution in [0.4, 0.5) is 5.69 Å². The monoisotopic (exact) mass is 463 g/mol. The number of likely N-dealkylation sites (tertiary alicyclic amines) is 1. The van der Waals surface area contributed by atoms with Crippen LogP contribution in [0.3, 0.4) is 0 Å². The van der Waals surface area contributed by atoms with E-state index in [1.165, 1.54) is 11.8 Å². The molecule has 0 bridgehead atoms. The molecule has 1 aliphatic heterocycles. The van der Waals surface area contributed by atoms with E-state index in [0.717, 1.165) is 41.0 Å². The van der Waals surface area contributed by atoms with Gasteiger partial charge < -0.3 is 14.8 Å². The van der Waals surface area contributed by atoms with E-state index in [4.69, 9.17) is 0 Å². The summed E-state index contributed by atoms with van der Waals surface area (Å²) in [6.45, 7) is 6.72. The van der Waals surface area contributed by atoms with E-state index in [2.05, 4.69) is 21.6 Å². The van der Waals surface area contributed by atoms with Gasteiger partial charge in [-0.25, -0.2) is 0 Å². The smallest absolute Gasteiger partial charge is 0.254 e. The SMILES string of the molecule is Cc1ccc(C(=O)N2CCCC2c2nnc(SCC(=O)Nc3cc(C)cc(C)c3)n2C)cc1. The van der Waals surface area contributed by atoms with Crippen LogP contribution in [0.2, 0.25) is 0 Å². The van der Waals surface area contributed by atoms with Crippen molar-refractivity contribution in [2.75, 3.05) is 17.6 Å². The van der Waals surface area contributed by atoms with Crippen LogP contribution in [0.5, 0.6) is 0 Å². The molecule has 1 N–H and O–H groups in total. The summed E-state index contributed by atoms with van der Waals surface area (Å²) in [7, 11) is 1.90. The van der Waals surface area contributed by atoms with Crippen molar-refractivity contribution < 1.29 is 9.59 Å². The molecule has 0 saturated carbocycles. The van der Waals surface area contributed by atoms with E-state index in [1.54, 1.807) is 0 Å². The molecule has 33 heavy (non-hydrogen) atoms. The number of carbonyl (C=O) groups excluding carboxylic acids is 2. The first-order chi connectivity index (χ1) is 15.8. The van der Waals surface area contributed by atoms with Crippen molar-refractivity contribution in [3.05, 3.63) is 70.5 Å². The lowest BCUT2D eigenvalue weighted by Gasteiger charge is -2.24. The summed E-state index contributed by atoms with van der Waals surface area (Å²) in [6, 6.07) is 13.5. The number of amides is 2. The van der Waals surface area contributed by atoms with Gasteiger partial charge in [-0.1, -0.05) is 35.5 Å². The molecule has 1 unspecified atom stereocenters. The second kappa shape index (κ2) is 9.79. The highest BCUT2D eigenvalue weighted by Gasteiger charge is 2.34. The number of nitrogens with zero attached hydrogens (tertiary/aromatic N) is 4. The maximum absolute atomic E-state index is 13.1. The third-order valence-corrected chi connectivity index (χ3v) is 6.84. The average molecular weight is 464 g/mol. The van der Waals surface area contributed by atoms with E-state index in [9.17, 15) is 9.59 Å². The predicted molar refractivity (Wildman–Crippen MR) is 130 cm³/mol. The van der Waals surface area contributed by atoms with Crippen LogP contribution in [0.25, 0.3) is 0 Å². The zero-order valence-electron chi connectivity index (χ0n) is 19.5. The molecule has 8 heteroatoms. The Hall–Kier alpha value is -3.13.